The summed E-state index contributed by atoms with van der Waals surface area (Å²) in [6.45, 7) is 9.48. The number of hydrogen-bond acceptors (Lipinski definition) is 3. The molecule has 0 heterocycles. The molecule has 0 radical (unpaired) electrons. The molecule has 0 aliphatic rings. The van der Waals surface area contributed by atoms with Gasteiger partial charge in [-0.15, -0.1) is 24.0 Å². The molecular weight excluding hydrogens is 401 g/mol. The summed E-state index contributed by atoms with van der Waals surface area (Å²) in [5, 5.41) is 6.39. The molecule has 5 nitrogen and oxygen atoms in total. The van der Waals surface area contributed by atoms with Gasteiger partial charge in [0.05, 0.1) is 11.3 Å². The van der Waals surface area contributed by atoms with Gasteiger partial charge in [0.1, 0.15) is 0 Å². The van der Waals surface area contributed by atoms with Gasteiger partial charge in [-0.1, -0.05) is 26.2 Å². The van der Waals surface area contributed by atoms with Crippen LogP contribution in [0.5, 0.6) is 0 Å². The highest BCUT2D eigenvalue weighted by Gasteiger charge is 2.29. The van der Waals surface area contributed by atoms with Crippen LogP contribution < -0.4 is 10.6 Å². The van der Waals surface area contributed by atoms with E-state index in [1.54, 1.807) is 13.8 Å². The predicted octanol–water partition coefficient (Wildman–Crippen LogP) is 2.56. The van der Waals surface area contributed by atoms with Crippen LogP contribution in [0.25, 0.3) is 0 Å². The fourth-order valence-corrected chi connectivity index (χ4v) is 1.79. The third-order valence-electron chi connectivity index (χ3n) is 3.29. The number of aliphatic imine (C=N–C) groups is 1. The molecule has 7 heteroatoms. The van der Waals surface area contributed by atoms with Gasteiger partial charge in [0.2, 0.25) is 0 Å². The van der Waals surface area contributed by atoms with Gasteiger partial charge in [-0.2, -0.15) is 0 Å². The molecule has 128 valence electrons. The molecule has 2 N–H and O–H groups in total. The number of unbranched alkanes of at least 4 members (excludes halogenated alkanes) is 3. The number of nitrogens with zero attached hydrogens (tertiary/aromatic N) is 1. The smallest absolute Gasteiger partial charge is 0.191 e. The van der Waals surface area contributed by atoms with Crippen LogP contribution in [0.1, 0.15) is 53.4 Å². The van der Waals surface area contributed by atoms with E-state index in [2.05, 4.69) is 22.5 Å². The van der Waals surface area contributed by atoms with Crippen molar-refractivity contribution in [2.75, 3.05) is 25.9 Å². The number of halogens is 1. The second-order valence-electron chi connectivity index (χ2n) is 5.71. The number of guanidine groups is 1. The maximum atomic E-state index is 11.6. The van der Waals surface area contributed by atoms with E-state index in [0.29, 0.717) is 5.96 Å². The molecule has 0 rings (SSSR count). The van der Waals surface area contributed by atoms with Gasteiger partial charge in [0.25, 0.3) is 0 Å². The van der Waals surface area contributed by atoms with Crippen LogP contribution in [0, 0.1) is 0 Å². The third-order valence-corrected chi connectivity index (χ3v) is 5.43. The maximum absolute atomic E-state index is 11.6. The van der Waals surface area contributed by atoms with Crippen LogP contribution in [0.3, 0.4) is 0 Å². The van der Waals surface area contributed by atoms with Crippen molar-refractivity contribution in [2.24, 2.45) is 4.99 Å². The second kappa shape index (κ2) is 11.5. The van der Waals surface area contributed by atoms with E-state index < -0.39 is 14.6 Å². The van der Waals surface area contributed by atoms with E-state index in [1.807, 2.05) is 6.92 Å². The van der Waals surface area contributed by atoms with E-state index in [4.69, 9.17) is 0 Å². The Morgan fingerprint density at radius 3 is 2.19 bits per heavy atom. The van der Waals surface area contributed by atoms with Crippen LogP contribution in [0.2, 0.25) is 0 Å². The Bertz CT molecular complexity index is 395. The first-order valence-corrected chi connectivity index (χ1v) is 9.35. The van der Waals surface area contributed by atoms with Gasteiger partial charge in [-0.05, 0) is 27.2 Å². The van der Waals surface area contributed by atoms with Crippen molar-refractivity contribution in [3.63, 3.8) is 0 Å². The summed E-state index contributed by atoms with van der Waals surface area (Å²) in [5.74, 6) is 0.695. The normalized spacial score (nSPS) is 12.7. The Morgan fingerprint density at radius 1 is 1.10 bits per heavy atom. The Balaban J connectivity index is 0. The van der Waals surface area contributed by atoms with Crippen molar-refractivity contribution in [1.82, 2.24) is 10.6 Å². The van der Waals surface area contributed by atoms with Crippen LogP contribution in [-0.2, 0) is 9.84 Å². The van der Waals surface area contributed by atoms with Crippen LogP contribution in [-0.4, -0.2) is 45.0 Å². The topological polar surface area (TPSA) is 70.6 Å². The maximum Gasteiger partial charge on any atom is 0.191 e. The Labute approximate surface area is 147 Å². The minimum Gasteiger partial charge on any atom is -0.357 e. The summed E-state index contributed by atoms with van der Waals surface area (Å²) in [6.07, 6.45) is 6.03. The van der Waals surface area contributed by atoms with Crippen LogP contribution in [0.4, 0.5) is 0 Å². The van der Waals surface area contributed by atoms with Gasteiger partial charge in [0.15, 0.2) is 15.8 Å². The molecule has 0 unspecified atom stereocenters. The van der Waals surface area contributed by atoms with Gasteiger partial charge in [-0.3, -0.25) is 4.99 Å². The highest BCUT2D eigenvalue weighted by molar-refractivity contribution is 14.0. The first-order chi connectivity index (χ1) is 9.24. The first-order valence-electron chi connectivity index (χ1n) is 7.46. The van der Waals surface area contributed by atoms with E-state index in [-0.39, 0.29) is 30.5 Å². The summed E-state index contributed by atoms with van der Waals surface area (Å²) in [7, 11) is -3.11. The molecule has 21 heavy (non-hydrogen) atoms. The third kappa shape index (κ3) is 10.3. The summed E-state index contributed by atoms with van der Waals surface area (Å²) >= 11 is 0. The quantitative estimate of drug-likeness (QED) is 0.254. The Morgan fingerprint density at radius 2 is 1.71 bits per heavy atom. The zero-order chi connectivity index (χ0) is 15.6. The monoisotopic (exact) mass is 433 g/mol. The highest BCUT2D eigenvalue weighted by Crippen LogP contribution is 2.15. The second-order valence-corrected chi connectivity index (χ2v) is 8.36. The van der Waals surface area contributed by atoms with Crippen molar-refractivity contribution in [3.8, 4) is 0 Å². The van der Waals surface area contributed by atoms with Gasteiger partial charge in [-0.25, -0.2) is 8.42 Å². The zero-order valence-corrected chi connectivity index (χ0v) is 17.2. The van der Waals surface area contributed by atoms with Crippen LogP contribution >= 0.6 is 24.0 Å². The molecule has 0 bridgehead atoms. The van der Waals surface area contributed by atoms with Crippen LogP contribution in [0.15, 0.2) is 4.99 Å². The molecule has 0 atom stereocenters. The van der Waals surface area contributed by atoms with Gasteiger partial charge < -0.3 is 10.6 Å². The Kier molecular flexibility index (Phi) is 12.7. The molecule has 0 saturated carbocycles. The zero-order valence-electron chi connectivity index (χ0n) is 14.0. The fraction of sp³-hybridized carbons (Fsp3) is 0.929. The molecule has 0 spiro atoms. The lowest BCUT2D eigenvalue weighted by Crippen LogP contribution is -2.40. The largest absolute Gasteiger partial charge is 0.357 e. The lowest BCUT2D eigenvalue weighted by Gasteiger charge is -2.21. The lowest BCUT2D eigenvalue weighted by atomic mass is 10.2. The van der Waals surface area contributed by atoms with Crippen molar-refractivity contribution >= 4 is 39.8 Å². The van der Waals surface area contributed by atoms with E-state index >= 15 is 0 Å². The summed E-state index contributed by atoms with van der Waals surface area (Å²) in [4.78, 5) is 4.38. The molecular formula is C14H32IN3O2S. The van der Waals surface area contributed by atoms with E-state index in [1.165, 1.54) is 25.5 Å². The standard InChI is InChI=1S/C14H31N3O2S.HI/c1-6-8-9-10-11-16-13(15-7-2)17-12-14(3,4)20(5,18)19;/h6-12H2,1-5H3,(H2,15,16,17);1H. The summed E-state index contributed by atoms with van der Waals surface area (Å²) < 4.78 is 22.5. The Hall–Kier alpha value is -0.0500. The first kappa shape index (κ1) is 23.2. The molecule has 0 saturated heterocycles. The number of hydrogen-bond donors (Lipinski definition) is 2. The predicted molar refractivity (Wildman–Crippen MR) is 102 cm³/mol. The molecule has 0 aromatic rings. The minimum atomic E-state index is -3.11. The van der Waals surface area contributed by atoms with Crippen molar-refractivity contribution in [1.29, 1.82) is 0 Å². The van der Waals surface area contributed by atoms with Crippen molar-refractivity contribution in [3.05, 3.63) is 0 Å². The van der Waals surface area contributed by atoms with E-state index in [0.717, 1.165) is 19.5 Å². The highest BCUT2D eigenvalue weighted by atomic mass is 127. The van der Waals surface area contributed by atoms with Gasteiger partial charge in [0, 0.05) is 19.3 Å². The summed E-state index contributed by atoms with van der Waals surface area (Å²) in [6, 6.07) is 0. The number of sulfone groups is 1. The van der Waals surface area contributed by atoms with Gasteiger partial charge >= 0.3 is 0 Å². The number of nitrogens with one attached hydrogen (secondary N) is 2. The van der Waals surface area contributed by atoms with Crippen molar-refractivity contribution in [2.45, 2.75) is 58.1 Å². The molecule has 0 aliphatic carbocycles. The minimum absolute atomic E-state index is 0. The van der Waals surface area contributed by atoms with Crippen molar-refractivity contribution < 1.29 is 8.42 Å². The molecule has 0 fully saturated rings. The molecule has 0 aromatic carbocycles. The summed E-state index contributed by atoms with van der Waals surface area (Å²) in [5.41, 5.74) is 0. The lowest BCUT2D eigenvalue weighted by molar-refractivity contribution is 0.554. The fourth-order valence-electron chi connectivity index (χ4n) is 1.49. The molecule has 0 aromatic heterocycles. The average molecular weight is 433 g/mol. The molecule has 0 aliphatic heterocycles. The van der Waals surface area contributed by atoms with E-state index in [9.17, 15) is 8.42 Å². The average Bonchev–Trinajstić information content (AvgIpc) is 2.34. The molecule has 0 amide bonds. The SMILES string of the molecule is CCCCCCNC(=NCC(C)(C)S(C)(=O)=O)NCC.I. The number of rotatable bonds is 9.